The quantitative estimate of drug-likeness (QED) is 0.784. The van der Waals surface area contributed by atoms with Crippen LogP contribution in [0.5, 0.6) is 5.75 Å². The minimum Gasteiger partial charge on any atom is -0.496 e. The van der Waals surface area contributed by atoms with E-state index in [2.05, 4.69) is 19.2 Å². The van der Waals surface area contributed by atoms with Crippen molar-refractivity contribution in [2.75, 3.05) is 19.0 Å². The normalized spacial score (nSPS) is 13.8. The third-order valence-corrected chi connectivity index (χ3v) is 3.56. The Balaban J connectivity index is 2.88. The number of rotatable bonds is 8. The number of benzene rings is 1. The molecule has 0 saturated heterocycles. The summed E-state index contributed by atoms with van der Waals surface area (Å²) in [5, 5.41) is 2.97. The molecule has 0 spiro atoms. The van der Waals surface area contributed by atoms with E-state index in [1.165, 1.54) is 0 Å². The fourth-order valence-corrected chi connectivity index (χ4v) is 2.54. The summed E-state index contributed by atoms with van der Waals surface area (Å²) in [7, 11) is 1.64. The summed E-state index contributed by atoms with van der Waals surface area (Å²) in [4.78, 5) is 12.7. The molecule has 1 rings (SSSR count). The van der Waals surface area contributed by atoms with Crippen LogP contribution in [0.1, 0.15) is 46.1 Å². The van der Waals surface area contributed by atoms with Gasteiger partial charge in [-0.15, -0.1) is 0 Å². The fourth-order valence-electron chi connectivity index (χ4n) is 2.54. The van der Waals surface area contributed by atoms with E-state index in [-0.39, 0.29) is 5.91 Å². The van der Waals surface area contributed by atoms with Crippen LogP contribution in [0.25, 0.3) is 0 Å². The van der Waals surface area contributed by atoms with Crippen molar-refractivity contribution in [3.63, 3.8) is 0 Å². The van der Waals surface area contributed by atoms with Crippen LogP contribution in [-0.2, 0) is 9.53 Å². The van der Waals surface area contributed by atoms with Gasteiger partial charge in [0.2, 0.25) is 0 Å². The molecule has 0 saturated carbocycles. The maximum absolute atomic E-state index is 12.7. The number of ether oxygens (including phenoxy) is 2. The van der Waals surface area contributed by atoms with E-state index in [9.17, 15) is 4.79 Å². The van der Waals surface area contributed by atoms with Gasteiger partial charge in [0.1, 0.15) is 11.4 Å². The number of carbonyl (C=O) groups is 1. The lowest BCUT2D eigenvalue weighted by atomic mass is 9.93. The molecule has 0 heterocycles. The highest BCUT2D eigenvalue weighted by Crippen LogP contribution is 2.26. The molecule has 4 nitrogen and oxygen atoms in total. The molecule has 0 radical (unpaired) electrons. The van der Waals surface area contributed by atoms with E-state index < -0.39 is 5.60 Å². The van der Waals surface area contributed by atoms with Crippen molar-refractivity contribution in [1.82, 2.24) is 0 Å². The number of hydrogen-bond acceptors (Lipinski definition) is 3. The molecule has 0 aliphatic rings. The fraction of sp³-hybridized carbons (Fsp3) is 0.611. The Morgan fingerprint density at radius 2 is 2.05 bits per heavy atom. The maximum atomic E-state index is 12.7. The summed E-state index contributed by atoms with van der Waals surface area (Å²) in [6, 6.07) is 5.61. The van der Waals surface area contributed by atoms with Crippen molar-refractivity contribution in [3.05, 3.63) is 23.8 Å². The molecule has 0 aromatic heterocycles. The van der Waals surface area contributed by atoms with Crippen molar-refractivity contribution in [3.8, 4) is 5.75 Å². The minimum atomic E-state index is -0.808. The molecule has 4 heteroatoms. The van der Waals surface area contributed by atoms with E-state index in [0.29, 0.717) is 18.9 Å². The smallest absolute Gasteiger partial charge is 0.256 e. The third kappa shape index (κ3) is 5.02. The largest absolute Gasteiger partial charge is 0.496 e. The molecule has 1 aromatic rings. The average molecular weight is 307 g/mol. The first kappa shape index (κ1) is 18.5. The van der Waals surface area contributed by atoms with Crippen molar-refractivity contribution < 1.29 is 14.3 Å². The van der Waals surface area contributed by atoms with Crippen LogP contribution < -0.4 is 10.1 Å². The molecular formula is C18H29NO3. The average Bonchev–Trinajstić information content (AvgIpc) is 2.44. The van der Waals surface area contributed by atoms with Crippen molar-refractivity contribution in [2.45, 2.75) is 53.1 Å². The number of nitrogens with one attached hydrogen (secondary N) is 1. The van der Waals surface area contributed by atoms with E-state index in [0.717, 1.165) is 23.4 Å². The molecule has 1 atom stereocenters. The molecule has 0 fully saturated rings. The van der Waals surface area contributed by atoms with Gasteiger partial charge < -0.3 is 14.8 Å². The summed E-state index contributed by atoms with van der Waals surface area (Å²) >= 11 is 0. The number of anilines is 1. The molecule has 0 aliphatic carbocycles. The van der Waals surface area contributed by atoms with E-state index in [1.807, 2.05) is 39.0 Å². The first-order chi connectivity index (χ1) is 10.3. The van der Waals surface area contributed by atoms with Gasteiger partial charge in [0.25, 0.3) is 5.91 Å². The van der Waals surface area contributed by atoms with Crippen LogP contribution in [0.15, 0.2) is 18.2 Å². The number of carbonyl (C=O) groups excluding carboxylic acids is 1. The number of amides is 1. The Kier molecular flexibility index (Phi) is 6.88. The Morgan fingerprint density at radius 1 is 1.36 bits per heavy atom. The summed E-state index contributed by atoms with van der Waals surface area (Å²) in [5.74, 6) is 1.09. The molecule has 1 aromatic carbocycles. The van der Waals surface area contributed by atoms with Gasteiger partial charge in [0.05, 0.1) is 7.11 Å². The zero-order chi connectivity index (χ0) is 16.8. The Hall–Kier alpha value is -1.55. The van der Waals surface area contributed by atoms with Crippen LogP contribution in [0.4, 0.5) is 5.69 Å². The van der Waals surface area contributed by atoms with Gasteiger partial charge in [0, 0.05) is 12.3 Å². The van der Waals surface area contributed by atoms with Crippen LogP contribution in [0.2, 0.25) is 0 Å². The zero-order valence-electron chi connectivity index (χ0n) is 14.7. The van der Waals surface area contributed by atoms with E-state index in [1.54, 1.807) is 7.11 Å². The van der Waals surface area contributed by atoms with Crippen LogP contribution in [0, 0.1) is 12.8 Å². The molecule has 0 unspecified atom stereocenters. The first-order valence-corrected chi connectivity index (χ1v) is 7.92. The monoisotopic (exact) mass is 307 g/mol. The summed E-state index contributed by atoms with van der Waals surface area (Å²) < 4.78 is 11.1. The highest BCUT2D eigenvalue weighted by Gasteiger charge is 2.34. The number of aryl methyl sites for hydroxylation is 1. The summed E-state index contributed by atoms with van der Waals surface area (Å²) in [6.07, 6.45) is 1.58. The van der Waals surface area contributed by atoms with Gasteiger partial charge in [-0.25, -0.2) is 0 Å². The van der Waals surface area contributed by atoms with Crippen LogP contribution >= 0.6 is 0 Å². The molecule has 124 valence electrons. The topological polar surface area (TPSA) is 47.6 Å². The van der Waals surface area contributed by atoms with Gasteiger partial charge in [0.15, 0.2) is 0 Å². The van der Waals surface area contributed by atoms with Gasteiger partial charge in [-0.3, -0.25) is 4.79 Å². The Morgan fingerprint density at radius 3 is 2.55 bits per heavy atom. The number of methoxy groups -OCH3 is 1. The SMILES string of the molecule is CCCO[C@](C)(CC(C)C)C(=O)Nc1ccc(OC)c(C)c1. The molecule has 22 heavy (non-hydrogen) atoms. The van der Waals surface area contributed by atoms with Gasteiger partial charge in [-0.2, -0.15) is 0 Å². The number of hydrogen-bond donors (Lipinski definition) is 1. The molecular weight excluding hydrogens is 278 g/mol. The van der Waals surface area contributed by atoms with Gasteiger partial charge >= 0.3 is 0 Å². The Labute approximate surface area is 134 Å². The predicted molar refractivity (Wildman–Crippen MR) is 90.5 cm³/mol. The highest BCUT2D eigenvalue weighted by atomic mass is 16.5. The lowest BCUT2D eigenvalue weighted by Gasteiger charge is -2.30. The van der Waals surface area contributed by atoms with Crippen molar-refractivity contribution >= 4 is 11.6 Å². The summed E-state index contributed by atoms with van der Waals surface area (Å²) in [6.45, 7) is 10.6. The summed E-state index contributed by atoms with van der Waals surface area (Å²) in [5.41, 5.74) is 0.941. The van der Waals surface area contributed by atoms with Crippen molar-refractivity contribution in [1.29, 1.82) is 0 Å². The molecule has 1 amide bonds. The highest BCUT2D eigenvalue weighted by molar-refractivity contribution is 5.97. The third-order valence-electron chi connectivity index (χ3n) is 3.56. The second kappa shape index (κ2) is 8.18. The lowest BCUT2D eigenvalue weighted by Crippen LogP contribution is -2.44. The molecule has 0 bridgehead atoms. The van der Waals surface area contributed by atoms with Crippen LogP contribution in [0.3, 0.4) is 0 Å². The Bertz CT molecular complexity index is 499. The zero-order valence-corrected chi connectivity index (χ0v) is 14.7. The molecule has 1 N–H and O–H groups in total. The standard InChI is InChI=1S/C18H29NO3/c1-7-10-22-18(5,12-13(2)3)17(20)19-15-8-9-16(21-6)14(4)11-15/h8-9,11,13H,7,10,12H2,1-6H3,(H,19,20)/t18-/m1/s1. The second-order valence-corrected chi connectivity index (χ2v) is 6.32. The predicted octanol–water partition coefficient (Wildman–Crippen LogP) is 4.17. The van der Waals surface area contributed by atoms with Gasteiger partial charge in [-0.1, -0.05) is 20.8 Å². The van der Waals surface area contributed by atoms with Gasteiger partial charge in [-0.05, 0) is 56.4 Å². The van der Waals surface area contributed by atoms with E-state index >= 15 is 0 Å². The lowest BCUT2D eigenvalue weighted by molar-refractivity contribution is -0.141. The first-order valence-electron chi connectivity index (χ1n) is 7.92. The van der Waals surface area contributed by atoms with Crippen LogP contribution in [-0.4, -0.2) is 25.2 Å². The second-order valence-electron chi connectivity index (χ2n) is 6.32. The van der Waals surface area contributed by atoms with Crippen molar-refractivity contribution in [2.24, 2.45) is 5.92 Å². The minimum absolute atomic E-state index is 0.0979. The maximum Gasteiger partial charge on any atom is 0.256 e. The molecule has 0 aliphatic heterocycles. The van der Waals surface area contributed by atoms with E-state index in [4.69, 9.17) is 9.47 Å².